The summed E-state index contributed by atoms with van der Waals surface area (Å²) in [5.41, 5.74) is 8.94. The molecule has 0 atom stereocenters. The second-order valence-corrected chi connectivity index (χ2v) is 6.02. The fraction of sp³-hybridized carbons (Fsp3) is 0.111. The predicted molar refractivity (Wildman–Crippen MR) is 94.4 cm³/mol. The molecule has 0 fully saturated rings. The smallest absolute Gasteiger partial charge is 0.261 e. The maximum absolute atomic E-state index is 12.7. The van der Waals surface area contributed by atoms with E-state index in [-0.39, 0.29) is 5.56 Å². The summed E-state index contributed by atoms with van der Waals surface area (Å²) >= 11 is 6.23. The minimum Gasteiger partial charge on any atom is -0.399 e. The minimum absolute atomic E-state index is 0.0418. The molecule has 4 nitrogen and oxygen atoms in total. The second kappa shape index (κ2) is 5.25. The van der Waals surface area contributed by atoms with E-state index in [1.54, 1.807) is 22.8 Å². The molecule has 1 aliphatic rings. The third-order valence-electron chi connectivity index (χ3n) is 4.11. The van der Waals surface area contributed by atoms with E-state index < -0.39 is 0 Å². The SMILES string of the molecule is Nc1ccc2nc3n(c(=O)c2c1)CC/C3=C\c1ccccc1Cl. The number of halogens is 1. The molecule has 3 aromatic rings. The van der Waals surface area contributed by atoms with Crippen LogP contribution in [-0.2, 0) is 6.54 Å². The van der Waals surface area contributed by atoms with Crippen LogP contribution in [0.25, 0.3) is 22.6 Å². The molecule has 23 heavy (non-hydrogen) atoms. The van der Waals surface area contributed by atoms with Gasteiger partial charge in [0.15, 0.2) is 0 Å². The molecule has 1 aromatic heterocycles. The highest BCUT2D eigenvalue weighted by atomic mass is 35.5. The number of hydrogen-bond donors (Lipinski definition) is 1. The van der Waals surface area contributed by atoms with Crippen LogP contribution in [-0.4, -0.2) is 9.55 Å². The number of nitrogens with zero attached hydrogens (tertiary/aromatic N) is 2. The van der Waals surface area contributed by atoms with Crippen LogP contribution >= 0.6 is 11.6 Å². The van der Waals surface area contributed by atoms with Gasteiger partial charge in [-0.25, -0.2) is 4.98 Å². The number of nitrogens with two attached hydrogens (primary N) is 1. The predicted octanol–water partition coefficient (Wildman–Crippen LogP) is 3.58. The first-order valence-corrected chi connectivity index (χ1v) is 7.77. The van der Waals surface area contributed by atoms with Crippen molar-refractivity contribution < 1.29 is 0 Å². The van der Waals surface area contributed by atoms with Crippen molar-refractivity contribution in [3.8, 4) is 0 Å². The van der Waals surface area contributed by atoms with E-state index in [4.69, 9.17) is 17.3 Å². The van der Waals surface area contributed by atoms with Crippen molar-refractivity contribution in [1.82, 2.24) is 9.55 Å². The fourth-order valence-corrected chi connectivity index (χ4v) is 3.14. The third-order valence-corrected chi connectivity index (χ3v) is 4.45. The van der Waals surface area contributed by atoms with Crippen LogP contribution in [0.15, 0.2) is 47.3 Å². The van der Waals surface area contributed by atoms with Gasteiger partial charge in [0.25, 0.3) is 5.56 Å². The van der Waals surface area contributed by atoms with E-state index in [1.165, 1.54) is 0 Å². The van der Waals surface area contributed by atoms with E-state index in [9.17, 15) is 4.79 Å². The van der Waals surface area contributed by atoms with Gasteiger partial charge < -0.3 is 5.73 Å². The summed E-state index contributed by atoms with van der Waals surface area (Å²) in [6.45, 7) is 0.627. The van der Waals surface area contributed by atoms with E-state index in [0.717, 1.165) is 17.6 Å². The number of fused-ring (bicyclic) bond motifs is 2. The Labute approximate surface area is 137 Å². The monoisotopic (exact) mass is 323 g/mol. The third kappa shape index (κ3) is 2.32. The molecule has 0 spiro atoms. The van der Waals surface area contributed by atoms with E-state index in [1.807, 2.05) is 30.3 Å². The van der Waals surface area contributed by atoms with Crippen LogP contribution in [0.1, 0.15) is 17.8 Å². The van der Waals surface area contributed by atoms with Gasteiger partial charge in [-0.1, -0.05) is 29.8 Å². The highest BCUT2D eigenvalue weighted by Crippen LogP contribution is 2.29. The molecular formula is C18H14ClN3O. The molecule has 4 rings (SSSR count). The van der Waals surface area contributed by atoms with Crippen molar-refractivity contribution in [3.05, 3.63) is 69.2 Å². The Morgan fingerprint density at radius 3 is 2.87 bits per heavy atom. The molecule has 0 saturated carbocycles. The summed E-state index contributed by atoms with van der Waals surface area (Å²) in [5.74, 6) is 0.715. The van der Waals surface area contributed by atoms with Crippen LogP contribution < -0.4 is 11.3 Å². The van der Waals surface area contributed by atoms with Crippen LogP contribution in [0.3, 0.4) is 0 Å². The maximum atomic E-state index is 12.7. The Morgan fingerprint density at radius 1 is 1.22 bits per heavy atom. The molecule has 0 amide bonds. The van der Waals surface area contributed by atoms with Gasteiger partial charge in [0.2, 0.25) is 0 Å². The highest BCUT2D eigenvalue weighted by molar-refractivity contribution is 6.32. The van der Waals surface area contributed by atoms with Crippen LogP contribution in [0, 0.1) is 0 Å². The molecule has 2 N–H and O–H groups in total. The van der Waals surface area contributed by atoms with Gasteiger partial charge in [0, 0.05) is 17.3 Å². The first-order chi connectivity index (χ1) is 11.1. The number of aromatic nitrogens is 2. The van der Waals surface area contributed by atoms with Gasteiger partial charge in [-0.3, -0.25) is 9.36 Å². The molecule has 5 heteroatoms. The van der Waals surface area contributed by atoms with E-state index >= 15 is 0 Å². The van der Waals surface area contributed by atoms with Crippen molar-refractivity contribution in [2.75, 3.05) is 5.73 Å². The van der Waals surface area contributed by atoms with Crippen LogP contribution in [0.2, 0.25) is 5.02 Å². The van der Waals surface area contributed by atoms with Crippen molar-refractivity contribution in [2.24, 2.45) is 0 Å². The summed E-state index contributed by atoms with van der Waals surface area (Å²) in [6, 6.07) is 12.9. The Balaban J connectivity index is 1.93. The standard InChI is InChI=1S/C18H14ClN3O/c19-15-4-2-1-3-11(15)9-12-7-8-22-17(12)21-16-6-5-13(20)10-14(16)18(22)23/h1-6,9-10H,7-8,20H2/b12-9+. The molecule has 0 aliphatic carbocycles. The molecule has 0 unspecified atom stereocenters. The Bertz CT molecular complexity index is 1020. The zero-order valence-corrected chi connectivity index (χ0v) is 13.0. The van der Waals surface area contributed by atoms with Crippen molar-refractivity contribution >= 4 is 39.8 Å². The summed E-state index contributed by atoms with van der Waals surface area (Å²) in [6.07, 6.45) is 2.77. The van der Waals surface area contributed by atoms with Crippen LogP contribution in [0.4, 0.5) is 5.69 Å². The zero-order chi connectivity index (χ0) is 16.0. The minimum atomic E-state index is -0.0418. The van der Waals surface area contributed by atoms with Gasteiger partial charge in [-0.15, -0.1) is 0 Å². The van der Waals surface area contributed by atoms with Crippen LogP contribution in [0.5, 0.6) is 0 Å². The van der Waals surface area contributed by atoms with Crippen molar-refractivity contribution in [1.29, 1.82) is 0 Å². The molecule has 0 saturated heterocycles. The molecule has 1 aliphatic heterocycles. The molecule has 2 heterocycles. The van der Waals surface area contributed by atoms with Gasteiger partial charge in [0.1, 0.15) is 5.82 Å². The topological polar surface area (TPSA) is 60.9 Å². The van der Waals surface area contributed by atoms with Gasteiger partial charge >= 0.3 is 0 Å². The lowest BCUT2D eigenvalue weighted by atomic mass is 10.1. The first-order valence-electron chi connectivity index (χ1n) is 7.39. The molecule has 0 bridgehead atoms. The first kappa shape index (κ1) is 14.0. The summed E-state index contributed by atoms with van der Waals surface area (Å²) in [5, 5.41) is 1.25. The number of hydrogen-bond acceptors (Lipinski definition) is 3. The largest absolute Gasteiger partial charge is 0.399 e. The van der Waals surface area contributed by atoms with Gasteiger partial charge in [-0.2, -0.15) is 0 Å². The summed E-state index contributed by atoms with van der Waals surface area (Å²) in [7, 11) is 0. The van der Waals surface area contributed by atoms with E-state index in [0.29, 0.717) is 34.0 Å². The lowest BCUT2D eigenvalue weighted by molar-refractivity contribution is 0.725. The number of anilines is 1. The molecule has 2 aromatic carbocycles. The van der Waals surface area contributed by atoms with E-state index in [2.05, 4.69) is 4.98 Å². The Hall–Kier alpha value is -2.59. The Kier molecular flexibility index (Phi) is 3.20. The number of benzene rings is 2. The summed E-state index contributed by atoms with van der Waals surface area (Å²) < 4.78 is 1.71. The normalized spacial score (nSPS) is 15.3. The average Bonchev–Trinajstić information content (AvgIpc) is 2.94. The maximum Gasteiger partial charge on any atom is 0.261 e. The summed E-state index contributed by atoms with van der Waals surface area (Å²) in [4.78, 5) is 17.3. The quantitative estimate of drug-likeness (QED) is 0.696. The zero-order valence-electron chi connectivity index (χ0n) is 12.3. The number of rotatable bonds is 1. The van der Waals surface area contributed by atoms with Crippen molar-refractivity contribution in [3.63, 3.8) is 0 Å². The molecular weight excluding hydrogens is 310 g/mol. The van der Waals surface area contributed by atoms with Gasteiger partial charge in [-0.05, 0) is 47.9 Å². The number of allylic oxidation sites excluding steroid dienone is 1. The lowest BCUT2D eigenvalue weighted by Crippen LogP contribution is -2.20. The number of nitrogen functional groups attached to an aromatic ring is 1. The lowest BCUT2D eigenvalue weighted by Gasteiger charge is -2.06. The molecule has 114 valence electrons. The van der Waals surface area contributed by atoms with Crippen molar-refractivity contribution in [2.45, 2.75) is 13.0 Å². The van der Waals surface area contributed by atoms with Gasteiger partial charge in [0.05, 0.1) is 10.9 Å². The highest BCUT2D eigenvalue weighted by Gasteiger charge is 2.21. The average molecular weight is 324 g/mol. The molecule has 0 radical (unpaired) electrons. The second-order valence-electron chi connectivity index (χ2n) is 5.61. The fourth-order valence-electron chi connectivity index (χ4n) is 2.95. The Morgan fingerprint density at radius 2 is 2.04 bits per heavy atom.